The van der Waals surface area contributed by atoms with Crippen LogP contribution >= 0.6 is 15.9 Å². The number of aryl methyl sites for hydroxylation is 2. The van der Waals surface area contributed by atoms with Gasteiger partial charge in [0.25, 0.3) is 0 Å². The Morgan fingerprint density at radius 3 is 3.00 bits per heavy atom. The molecule has 0 aliphatic carbocycles. The smallest absolute Gasteiger partial charge is 0.194 e. The molecule has 1 N–H and O–H groups in total. The zero-order valence-electron chi connectivity index (χ0n) is 10.7. The molecule has 18 heavy (non-hydrogen) atoms. The molecule has 0 spiro atoms. The van der Waals surface area contributed by atoms with Crippen molar-refractivity contribution in [3.05, 3.63) is 40.3 Å². The van der Waals surface area contributed by atoms with Crippen LogP contribution < -0.4 is 5.32 Å². The van der Waals surface area contributed by atoms with Crippen LogP contribution in [0.2, 0.25) is 0 Å². The predicted octanol–water partition coefficient (Wildman–Crippen LogP) is 3.56. The van der Waals surface area contributed by atoms with E-state index >= 15 is 0 Å². The van der Waals surface area contributed by atoms with Crippen LogP contribution in [0.15, 0.2) is 33.3 Å². The quantitative estimate of drug-likeness (QED) is 0.858. The number of hydrogen-bond acceptors (Lipinski definition) is 3. The first-order chi connectivity index (χ1) is 8.70. The molecule has 0 radical (unpaired) electrons. The number of halogens is 1. The number of benzene rings is 1. The third-order valence-electron chi connectivity index (χ3n) is 2.84. The van der Waals surface area contributed by atoms with E-state index in [2.05, 4.69) is 45.3 Å². The Kier molecular flexibility index (Phi) is 4.55. The fourth-order valence-electron chi connectivity index (χ4n) is 1.83. The minimum absolute atomic E-state index is 0.805. The summed E-state index contributed by atoms with van der Waals surface area (Å²) in [4.78, 5) is 4.33. The fraction of sp³-hybridized carbons (Fsp3) is 0.357. The lowest BCUT2D eigenvalue weighted by Gasteiger charge is -2.02. The fourth-order valence-corrected chi connectivity index (χ4v) is 2.19. The highest BCUT2D eigenvalue weighted by molar-refractivity contribution is 9.10. The van der Waals surface area contributed by atoms with Crippen LogP contribution in [0.3, 0.4) is 0 Å². The summed E-state index contributed by atoms with van der Waals surface area (Å²) < 4.78 is 6.84. The number of nitrogens with one attached hydrogen (secondary N) is 1. The molecule has 1 aromatic carbocycles. The van der Waals surface area contributed by atoms with Gasteiger partial charge >= 0.3 is 0 Å². The predicted molar refractivity (Wildman–Crippen MR) is 76.6 cm³/mol. The number of aromatic nitrogens is 1. The van der Waals surface area contributed by atoms with Gasteiger partial charge in [-0.05, 0) is 44.6 Å². The van der Waals surface area contributed by atoms with E-state index in [4.69, 9.17) is 4.42 Å². The van der Waals surface area contributed by atoms with Crippen molar-refractivity contribution < 1.29 is 4.42 Å². The molecule has 0 aliphatic rings. The summed E-state index contributed by atoms with van der Waals surface area (Å²) in [6, 6.07) is 6.17. The summed E-state index contributed by atoms with van der Waals surface area (Å²) in [5.74, 6) is 1.65. The molecule has 0 bridgehead atoms. The third-order valence-corrected chi connectivity index (χ3v) is 3.33. The first-order valence-corrected chi connectivity index (χ1v) is 6.86. The molecule has 1 heterocycles. The van der Waals surface area contributed by atoms with Crippen molar-refractivity contribution in [2.75, 3.05) is 13.6 Å². The maximum Gasteiger partial charge on any atom is 0.194 e. The van der Waals surface area contributed by atoms with E-state index < -0.39 is 0 Å². The molecule has 2 aromatic rings. The molecule has 2 rings (SSSR count). The number of rotatable bonds is 5. The van der Waals surface area contributed by atoms with Gasteiger partial charge in [-0.15, -0.1) is 0 Å². The highest BCUT2D eigenvalue weighted by atomic mass is 79.9. The van der Waals surface area contributed by atoms with Crippen LogP contribution in [0.5, 0.6) is 0 Å². The summed E-state index contributed by atoms with van der Waals surface area (Å²) in [5.41, 5.74) is 2.29. The molecule has 0 unspecified atom stereocenters. The largest absolute Gasteiger partial charge is 0.441 e. The van der Waals surface area contributed by atoms with Gasteiger partial charge in [-0.2, -0.15) is 0 Å². The molecule has 0 saturated heterocycles. The number of nitrogens with zero attached hydrogens (tertiary/aromatic N) is 1. The van der Waals surface area contributed by atoms with E-state index in [1.165, 1.54) is 5.56 Å². The van der Waals surface area contributed by atoms with Crippen LogP contribution in [-0.2, 0) is 6.42 Å². The minimum atomic E-state index is 0.805. The Hall–Kier alpha value is -1.13. The Labute approximate surface area is 116 Å². The van der Waals surface area contributed by atoms with Crippen molar-refractivity contribution in [1.82, 2.24) is 10.3 Å². The van der Waals surface area contributed by atoms with Gasteiger partial charge in [-0.3, -0.25) is 0 Å². The molecule has 3 nitrogen and oxygen atoms in total. The van der Waals surface area contributed by atoms with Gasteiger partial charge in [0.2, 0.25) is 0 Å². The zero-order chi connectivity index (χ0) is 13.0. The third kappa shape index (κ3) is 3.21. The second-order valence-corrected chi connectivity index (χ2v) is 5.20. The van der Waals surface area contributed by atoms with E-state index in [1.54, 1.807) is 0 Å². The lowest BCUT2D eigenvalue weighted by atomic mass is 10.1. The average molecular weight is 309 g/mol. The zero-order valence-corrected chi connectivity index (χ0v) is 12.3. The second-order valence-electron chi connectivity index (χ2n) is 4.28. The van der Waals surface area contributed by atoms with Gasteiger partial charge in [-0.1, -0.05) is 22.0 Å². The van der Waals surface area contributed by atoms with E-state index in [0.29, 0.717) is 0 Å². The summed E-state index contributed by atoms with van der Waals surface area (Å²) in [5, 5.41) is 3.12. The van der Waals surface area contributed by atoms with Gasteiger partial charge in [0.05, 0.1) is 6.20 Å². The molecular formula is C14H17BrN2O. The number of oxazole rings is 1. The van der Waals surface area contributed by atoms with Crippen molar-refractivity contribution in [2.45, 2.75) is 19.8 Å². The monoisotopic (exact) mass is 308 g/mol. The summed E-state index contributed by atoms with van der Waals surface area (Å²) >= 11 is 3.48. The SMILES string of the molecule is CNCCCc1ncc(-c2cc(Br)ccc2C)o1. The minimum Gasteiger partial charge on any atom is -0.441 e. The van der Waals surface area contributed by atoms with E-state index in [0.717, 1.165) is 41.1 Å². The topological polar surface area (TPSA) is 38.1 Å². The maximum absolute atomic E-state index is 5.79. The van der Waals surface area contributed by atoms with Crippen molar-refractivity contribution in [1.29, 1.82) is 0 Å². The Bertz CT molecular complexity index is 522. The second kappa shape index (κ2) is 6.16. The lowest BCUT2D eigenvalue weighted by molar-refractivity contribution is 0.495. The maximum atomic E-state index is 5.79. The normalized spacial score (nSPS) is 10.8. The van der Waals surface area contributed by atoms with Crippen molar-refractivity contribution in [3.63, 3.8) is 0 Å². The van der Waals surface area contributed by atoms with Crippen LogP contribution in [0.1, 0.15) is 17.9 Å². The van der Waals surface area contributed by atoms with Gasteiger partial charge < -0.3 is 9.73 Å². The summed E-state index contributed by atoms with van der Waals surface area (Å²) in [7, 11) is 1.95. The van der Waals surface area contributed by atoms with Crippen LogP contribution in [0, 0.1) is 6.92 Å². The molecule has 0 atom stereocenters. The van der Waals surface area contributed by atoms with Crippen molar-refractivity contribution >= 4 is 15.9 Å². The Balaban J connectivity index is 2.16. The van der Waals surface area contributed by atoms with Gasteiger partial charge in [0, 0.05) is 16.5 Å². The molecule has 1 aromatic heterocycles. The summed E-state index contributed by atoms with van der Waals surface area (Å²) in [6.07, 6.45) is 3.71. The van der Waals surface area contributed by atoms with E-state index in [1.807, 2.05) is 19.3 Å². The van der Waals surface area contributed by atoms with Crippen LogP contribution in [-0.4, -0.2) is 18.6 Å². The number of hydrogen-bond donors (Lipinski definition) is 1. The standard InChI is InChI=1S/C14H17BrN2O/c1-10-5-6-11(15)8-12(10)13-9-17-14(18-13)4-3-7-16-2/h5-6,8-9,16H,3-4,7H2,1-2H3. The molecule has 0 fully saturated rings. The van der Waals surface area contributed by atoms with Crippen molar-refractivity contribution in [3.8, 4) is 11.3 Å². The molecule has 0 amide bonds. The lowest BCUT2D eigenvalue weighted by Crippen LogP contribution is -2.08. The van der Waals surface area contributed by atoms with E-state index in [-0.39, 0.29) is 0 Å². The molecular weight excluding hydrogens is 292 g/mol. The average Bonchev–Trinajstić information content (AvgIpc) is 2.81. The van der Waals surface area contributed by atoms with E-state index in [9.17, 15) is 0 Å². The van der Waals surface area contributed by atoms with Gasteiger partial charge in [0.1, 0.15) is 0 Å². The van der Waals surface area contributed by atoms with Crippen LogP contribution in [0.4, 0.5) is 0 Å². The molecule has 4 heteroatoms. The first kappa shape index (κ1) is 13.3. The Morgan fingerprint density at radius 2 is 2.22 bits per heavy atom. The molecule has 0 aliphatic heterocycles. The van der Waals surface area contributed by atoms with Gasteiger partial charge in [-0.25, -0.2) is 4.98 Å². The van der Waals surface area contributed by atoms with Crippen LogP contribution in [0.25, 0.3) is 11.3 Å². The van der Waals surface area contributed by atoms with Gasteiger partial charge in [0.15, 0.2) is 11.7 Å². The summed E-state index contributed by atoms with van der Waals surface area (Å²) in [6.45, 7) is 3.05. The molecule has 96 valence electrons. The van der Waals surface area contributed by atoms with Crippen molar-refractivity contribution in [2.24, 2.45) is 0 Å². The highest BCUT2D eigenvalue weighted by Gasteiger charge is 2.09. The Morgan fingerprint density at radius 1 is 1.39 bits per heavy atom. The first-order valence-electron chi connectivity index (χ1n) is 6.06. The highest BCUT2D eigenvalue weighted by Crippen LogP contribution is 2.27. The molecule has 0 saturated carbocycles.